The van der Waals surface area contributed by atoms with Gasteiger partial charge in [-0.3, -0.25) is 4.90 Å². The van der Waals surface area contributed by atoms with Gasteiger partial charge >= 0.3 is 0 Å². The maximum absolute atomic E-state index is 5.86. The summed E-state index contributed by atoms with van der Waals surface area (Å²) in [7, 11) is 5.08. The van der Waals surface area contributed by atoms with Gasteiger partial charge in [-0.15, -0.1) is 0 Å². The number of rotatable bonds is 8. The van der Waals surface area contributed by atoms with Gasteiger partial charge in [-0.25, -0.2) is 0 Å². The highest BCUT2D eigenvalue weighted by Crippen LogP contribution is 2.43. The number of methoxy groups -OCH3 is 3. The summed E-state index contributed by atoms with van der Waals surface area (Å²) in [6.07, 6.45) is 1.09. The van der Waals surface area contributed by atoms with Gasteiger partial charge in [0.25, 0.3) is 0 Å². The molecular formula is C23H32N2O4. The molecule has 0 aromatic heterocycles. The smallest absolute Gasteiger partial charge is 0.161 e. The summed E-state index contributed by atoms with van der Waals surface area (Å²) >= 11 is 0. The monoisotopic (exact) mass is 400 g/mol. The average Bonchev–Trinajstić information content (AvgIpc) is 3.04. The minimum Gasteiger partial charge on any atom is -0.496 e. The second kappa shape index (κ2) is 10.4. The van der Waals surface area contributed by atoms with Crippen molar-refractivity contribution < 1.29 is 18.9 Å². The summed E-state index contributed by atoms with van der Waals surface area (Å²) in [5, 5.41) is 3.49. The van der Waals surface area contributed by atoms with E-state index in [1.807, 2.05) is 31.2 Å². The van der Waals surface area contributed by atoms with Crippen molar-refractivity contribution in [1.29, 1.82) is 0 Å². The summed E-state index contributed by atoms with van der Waals surface area (Å²) in [6.45, 7) is 6.45. The number of benzene rings is 2. The van der Waals surface area contributed by atoms with E-state index in [4.69, 9.17) is 18.9 Å². The van der Waals surface area contributed by atoms with Crippen molar-refractivity contribution >= 4 is 0 Å². The molecule has 1 N–H and O–H groups in total. The predicted molar refractivity (Wildman–Crippen MR) is 115 cm³/mol. The fourth-order valence-electron chi connectivity index (χ4n) is 3.97. The zero-order valence-corrected chi connectivity index (χ0v) is 17.9. The average molecular weight is 401 g/mol. The molecule has 1 fully saturated rings. The highest BCUT2D eigenvalue weighted by atomic mass is 16.5. The molecule has 1 unspecified atom stereocenters. The molecule has 1 aliphatic heterocycles. The van der Waals surface area contributed by atoms with Crippen molar-refractivity contribution in [1.82, 2.24) is 10.2 Å². The minimum absolute atomic E-state index is 0.0221. The topological polar surface area (TPSA) is 52.2 Å². The third-order valence-electron chi connectivity index (χ3n) is 5.28. The van der Waals surface area contributed by atoms with E-state index in [9.17, 15) is 0 Å². The van der Waals surface area contributed by atoms with Crippen LogP contribution in [0.25, 0.3) is 0 Å². The first-order chi connectivity index (χ1) is 14.2. The first kappa shape index (κ1) is 21.3. The summed E-state index contributed by atoms with van der Waals surface area (Å²) in [5.41, 5.74) is 2.16. The lowest BCUT2D eigenvalue weighted by Gasteiger charge is -2.33. The summed E-state index contributed by atoms with van der Waals surface area (Å²) in [5.74, 6) is 3.12. The summed E-state index contributed by atoms with van der Waals surface area (Å²) in [6, 6.07) is 12.1. The molecular weight excluding hydrogens is 368 g/mol. The summed E-state index contributed by atoms with van der Waals surface area (Å²) < 4.78 is 22.9. The van der Waals surface area contributed by atoms with E-state index >= 15 is 0 Å². The van der Waals surface area contributed by atoms with Gasteiger partial charge in [0.1, 0.15) is 11.5 Å². The second-order valence-electron chi connectivity index (χ2n) is 6.96. The van der Waals surface area contributed by atoms with Crippen LogP contribution in [0, 0.1) is 0 Å². The van der Waals surface area contributed by atoms with Crippen LogP contribution in [-0.4, -0.2) is 59.0 Å². The van der Waals surface area contributed by atoms with Crippen LogP contribution in [0.4, 0.5) is 0 Å². The van der Waals surface area contributed by atoms with Gasteiger partial charge in [-0.2, -0.15) is 0 Å². The third kappa shape index (κ3) is 4.77. The quantitative estimate of drug-likeness (QED) is 0.732. The van der Waals surface area contributed by atoms with E-state index in [0.717, 1.165) is 66.7 Å². The minimum atomic E-state index is -0.0221. The molecule has 0 radical (unpaired) electrons. The highest BCUT2D eigenvalue weighted by molar-refractivity contribution is 5.53. The number of hydrogen-bond donors (Lipinski definition) is 1. The standard InChI is InChI=1S/C23H32N2O4/c1-5-29-21-16-17(10-11-18(21)26-2)23(25-14-7-12-24-13-15-25)22-19(27-3)8-6-9-20(22)28-4/h6,8-11,16,23-24H,5,7,12-15H2,1-4H3. The first-order valence-electron chi connectivity index (χ1n) is 10.2. The first-order valence-corrected chi connectivity index (χ1v) is 10.2. The largest absolute Gasteiger partial charge is 0.496 e. The number of nitrogens with one attached hydrogen (secondary N) is 1. The summed E-state index contributed by atoms with van der Waals surface area (Å²) in [4.78, 5) is 2.48. The molecule has 0 amide bonds. The molecule has 1 heterocycles. The fraction of sp³-hybridized carbons (Fsp3) is 0.478. The van der Waals surface area contributed by atoms with Crippen molar-refractivity contribution in [3.8, 4) is 23.0 Å². The molecule has 158 valence electrons. The van der Waals surface area contributed by atoms with E-state index in [-0.39, 0.29) is 6.04 Å². The molecule has 29 heavy (non-hydrogen) atoms. The Hall–Kier alpha value is -2.44. The van der Waals surface area contributed by atoms with Crippen LogP contribution in [0.2, 0.25) is 0 Å². The van der Waals surface area contributed by atoms with Crippen LogP contribution in [0.3, 0.4) is 0 Å². The van der Waals surface area contributed by atoms with Gasteiger partial charge in [0, 0.05) is 19.6 Å². The van der Waals surface area contributed by atoms with Gasteiger partial charge in [0.15, 0.2) is 11.5 Å². The van der Waals surface area contributed by atoms with Gasteiger partial charge in [0.2, 0.25) is 0 Å². The van der Waals surface area contributed by atoms with E-state index in [1.54, 1.807) is 21.3 Å². The molecule has 0 aliphatic carbocycles. The lowest BCUT2D eigenvalue weighted by atomic mass is 9.94. The molecule has 0 spiro atoms. The molecule has 0 bridgehead atoms. The molecule has 0 saturated carbocycles. The van der Waals surface area contributed by atoms with Gasteiger partial charge in [-0.1, -0.05) is 12.1 Å². The van der Waals surface area contributed by atoms with Crippen molar-refractivity contribution in [2.75, 3.05) is 54.1 Å². The fourth-order valence-corrected chi connectivity index (χ4v) is 3.97. The van der Waals surface area contributed by atoms with Gasteiger partial charge < -0.3 is 24.3 Å². The van der Waals surface area contributed by atoms with Crippen molar-refractivity contribution in [2.45, 2.75) is 19.4 Å². The Morgan fingerprint density at radius 1 is 0.897 bits per heavy atom. The van der Waals surface area contributed by atoms with Crippen molar-refractivity contribution in [2.24, 2.45) is 0 Å². The van der Waals surface area contributed by atoms with Crippen LogP contribution >= 0.6 is 0 Å². The predicted octanol–water partition coefficient (Wildman–Crippen LogP) is 3.50. The maximum Gasteiger partial charge on any atom is 0.161 e. The Kier molecular flexibility index (Phi) is 7.61. The van der Waals surface area contributed by atoms with Crippen LogP contribution in [0.1, 0.15) is 30.5 Å². The highest BCUT2D eigenvalue weighted by Gasteiger charge is 2.29. The van der Waals surface area contributed by atoms with Gasteiger partial charge in [-0.05, 0) is 49.7 Å². The third-order valence-corrected chi connectivity index (χ3v) is 5.28. The van der Waals surface area contributed by atoms with E-state index in [0.29, 0.717) is 6.61 Å². The lowest BCUT2D eigenvalue weighted by molar-refractivity contribution is 0.230. The molecule has 1 atom stereocenters. The van der Waals surface area contributed by atoms with E-state index < -0.39 is 0 Å². The Morgan fingerprint density at radius 3 is 2.28 bits per heavy atom. The molecule has 3 rings (SSSR count). The van der Waals surface area contributed by atoms with Crippen LogP contribution < -0.4 is 24.3 Å². The van der Waals surface area contributed by atoms with Crippen LogP contribution in [0.5, 0.6) is 23.0 Å². The molecule has 6 nitrogen and oxygen atoms in total. The SMILES string of the molecule is CCOc1cc(C(c2c(OC)cccc2OC)N2CCCNCC2)ccc1OC. The number of nitrogens with zero attached hydrogens (tertiary/aromatic N) is 1. The normalized spacial score (nSPS) is 16.0. The van der Waals surface area contributed by atoms with Crippen LogP contribution in [0.15, 0.2) is 36.4 Å². The molecule has 1 aliphatic rings. The molecule has 6 heteroatoms. The number of ether oxygens (including phenoxy) is 4. The van der Waals surface area contributed by atoms with Crippen molar-refractivity contribution in [3.05, 3.63) is 47.5 Å². The Morgan fingerprint density at radius 2 is 1.62 bits per heavy atom. The number of hydrogen-bond acceptors (Lipinski definition) is 6. The maximum atomic E-state index is 5.86. The Labute approximate surface area is 173 Å². The Bertz CT molecular complexity index is 766. The van der Waals surface area contributed by atoms with E-state index in [2.05, 4.69) is 22.3 Å². The second-order valence-corrected chi connectivity index (χ2v) is 6.96. The molecule has 1 saturated heterocycles. The molecule has 2 aromatic carbocycles. The zero-order valence-electron chi connectivity index (χ0n) is 17.9. The van der Waals surface area contributed by atoms with Crippen molar-refractivity contribution in [3.63, 3.8) is 0 Å². The zero-order chi connectivity index (χ0) is 20.6. The van der Waals surface area contributed by atoms with Gasteiger partial charge in [0.05, 0.1) is 39.5 Å². The van der Waals surface area contributed by atoms with Crippen LogP contribution in [-0.2, 0) is 0 Å². The Balaban J connectivity index is 2.16. The lowest BCUT2D eigenvalue weighted by Crippen LogP contribution is -2.33. The molecule has 2 aromatic rings. The van der Waals surface area contributed by atoms with E-state index in [1.165, 1.54) is 0 Å².